The molecule has 0 aromatic rings. The molecule has 0 aromatic carbocycles. The maximum atomic E-state index is 12.8. The Kier molecular flexibility index (Phi) is 54.8. The third-order valence-corrected chi connectivity index (χ3v) is 13.3. The van der Waals surface area contributed by atoms with Crippen molar-refractivity contribution in [2.24, 2.45) is 0 Å². The Balaban J connectivity index is 4.20. The SMILES string of the molecule is CCCCCCCC/C=C\CCCCCCCC(=O)OCC(COCCCCCCCCCCCCCCCCCCCC)OC(=O)CCCCCCCCCCCCCCCCC. The number of unbranched alkanes of at least 4 members (excludes halogenated alkanes) is 42. The summed E-state index contributed by atoms with van der Waals surface area (Å²) in [6.07, 6.45) is 65.2. The topological polar surface area (TPSA) is 61.8 Å². The largest absolute Gasteiger partial charge is 0.462 e. The zero-order valence-electron chi connectivity index (χ0n) is 43.8. The number of hydrogen-bond acceptors (Lipinski definition) is 5. The lowest BCUT2D eigenvalue weighted by atomic mass is 10.0. The molecule has 0 rings (SSSR count). The van der Waals surface area contributed by atoms with E-state index in [4.69, 9.17) is 14.2 Å². The van der Waals surface area contributed by atoms with E-state index in [2.05, 4.69) is 32.9 Å². The highest BCUT2D eigenvalue weighted by Crippen LogP contribution is 2.17. The minimum atomic E-state index is -0.530. The van der Waals surface area contributed by atoms with E-state index in [1.54, 1.807) is 0 Å². The Bertz CT molecular complexity index is 932. The van der Waals surface area contributed by atoms with Crippen LogP contribution in [0.5, 0.6) is 0 Å². The summed E-state index contributed by atoms with van der Waals surface area (Å²) < 4.78 is 17.5. The highest BCUT2D eigenvalue weighted by molar-refractivity contribution is 5.70. The molecule has 0 amide bonds. The van der Waals surface area contributed by atoms with Gasteiger partial charge in [-0.2, -0.15) is 0 Å². The van der Waals surface area contributed by atoms with Crippen molar-refractivity contribution in [3.63, 3.8) is 0 Å². The normalized spacial score (nSPS) is 12.1. The Hall–Kier alpha value is -1.36. The number of rotatable bonds is 55. The second-order valence-corrected chi connectivity index (χ2v) is 19.9. The molecule has 380 valence electrons. The summed E-state index contributed by atoms with van der Waals surface area (Å²) in [7, 11) is 0. The van der Waals surface area contributed by atoms with Crippen LogP contribution in [0.4, 0.5) is 0 Å². The van der Waals surface area contributed by atoms with Gasteiger partial charge in [0.2, 0.25) is 0 Å². The van der Waals surface area contributed by atoms with Crippen LogP contribution in [0.15, 0.2) is 12.2 Å². The molecule has 0 aliphatic rings. The lowest BCUT2D eigenvalue weighted by Crippen LogP contribution is -2.30. The summed E-state index contributed by atoms with van der Waals surface area (Å²) in [6, 6.07) is 0. The monoisotopic (exact) mass is 903 g/mol. The van der Waals surface area contributed by atoms with Gasteiger partial charge in [0.05, 0.1) is 6.61 Å². The zero-order chi connectivity index (χ0) is 46.3. The Morgan fingerprint density at radius 1 is 0.328 bits per heavy atom. The van der Waals surface area contributed by atoms with Crippen LogP contribution in [-0.2, 0) is 23.8 Å². The number of allylic oxidation sites excluding steroid dienone is 2. The van der Waals surface area contributed by atoms with E-state index in [0.717, 1.165) is 38.5 Å². The van der Waals surface area contributed by atoms with Crippen molar-refractivity contribution in [1.29, 1.82) is 0 Å². The van der Waals surface area contributed by atoms with Gasteiger partial charge < -0.3 is 14.2 Å². The summed E-state index contributed by atoms with van der Waals surface area (Å²) in [4.78, 5) is 25.5. The van der Waals surface area contributed by atoms with Crippen LogP contribution in [-0.4, -0.2) is 37.9 Å². The minimum Gasteiger partial charge on any atom is -0.462 e. The maximum Gasteiger partial charge on any atom is 0.306 e. The van der Waals surface area contributed by atoms with Crippen molar-refractivity contribution < 1.29 is 23.8 Å². The molecule has 0 aliphatic carbocycles. The first kappa shape index (κ1) is 62.6. The van der Waals surface area contributed by atoms with Crippen LogP contribution in [0.2, 0.25) is 0 Å². The third kappa shape index (κ3) is 53.3. The number of ether oxygens (including phenoxy) is 3. The van der Waals surface area contributed by atoms with Crippen LogP contribution in [0.1, 0.15) is 329 Å². The van der Waals surface area contributed by atoms with E-state index in [1.807, 2.05) is 0 Å². The molecule has 0 radical (unpaired) electrons. The molecule has 0 fully saturated rings. The van der Waals surface area contributed by atoms with Crippen LogP contribution in [0.25, 0.3) is 0 Å². The van der Waals surface area contributed by atoms with E-state index in [0.29, 0.717) is 26.1 Å². The standard InChI is InChI=1S/C59H114O5/c1-4-7-10-13-16-19-22-25-28-29-30-33-36-39-42-45-48-51-54-62-55-57(64-59(61)53-50-47-44-41-38-35-32-27-24-21-18-15-12-9-6-3)56-63-58(60)52-49-46-43-40-37-34-31-26-23-20-17-14-11-8-5-2/h26,31,57H,4-25,27-30,32-56H2,1-3H3/b31-26-. The smallest absolute Gasteiger partial charge is 0.306 e. The van der Waals surface area contributed by atoms with Crippen molar-refractivity contribution in [2.75, 3.05) is 19.8 Å². The van der Waals surface area contributed by atoms with Gasteiger partial charge in [-0.3, -0.25) is 9.59 Å². The van der Waals surface area contributed by atoms with Gasteiger partial charge in [0, 0.05) is 19.4 Å². The van der Waals surface area contributed by atoms with Gasteiger partial charge in [0.25, 0.3) is 0 Å². The van der Waals surface area contributed by atoms with Crippen LogP contribution in [0.3, 0.4) is 0 Å². The highest BCUT2D eigenvalue weighted by atomic mass is 16.6. The van der Waals surface area contributed by atoms with E-state index in [1.165, 1.54) is 257 Å². The average Bonchev–Trinajstić information content (AvgIpc) is 3.30. The van der Waals surface area contributed by atoms with Gasteiger partial charge >= 0.3 is 11.9 Å². The Labute approximate surface area is 401 Å². The van der Waals surface area contributed by atoms with Gasteiger partial charge in [-0.25, -0.2) is 0 Å². The number of carbonyl (C=O) groups is 2. The van der Waals surface area contributed by atoms with E-state index in [9.17, 15) is 9.59 Å². The minimum absolute atomic E-state index is 0.0909. The van der Waals surface area contributed by atoms with Crippen molar-refractivity contribution >= 4 is 11.9 Å². The summed E-state index contributed by atoms with van der Waals surface area (Å²) in [5.41, 5.74) is 0. The molecule has 5 heteroatoms. The lowest BCUT2D eigenvalue weighted by molar-refractivity contribution is -0.163. The van der Waals surface area contributed by atoms with E-state index >= 15 is 0 Å². The van der Waals surface area contributed by atoms with Crippen LogP contribution >= 0.6 is 0 Å². The molecule has 0 aliphatic heterocycles. The molecule has 0 saturated heterocycles. The first-order chi connectivity index (χ1) is 31.6. The van der Waals surface area contributed by atoms with Gasteiger partial charge in [-0.1, -0.05) is 283 Å². The average molecular weight is 904 g/mol. The summed E-state index contributed by atoms with van der Waals surface area (Å²) in [6.45, 7) is 7.90. The van der Waals surface area contributed by atoms with E-state index < -0.39 is 6.10 Å². The fraction of sp³-hybridized carbons (Fsp3) is 0.932. The first-order valence-electron chi connectivity index (χ1n) is 29.2. The fourth-order valence-corrected chi connectivity index (χ4v) is 8.92. The van der Waals surface area contributed by atoms with Crippen LogP contribution in [0, 0.1) is 0 Å². The summed E-state index contributed by atoms with van der Waals surface area (Å²) in [5.74, 6) is -0.380. The maximum absolute atomic E-state index is 12.8. The third-order valence-electron chi connectivity index (χ3n) is 13.3. The predicted molar refractivity (Wildman–Crippen MR) is 279 cm³/mol. The lowest BCUT2D eigenvalue weighted by Gasteiger charge is -2.18. The number of hydrogen-bond donors (Lipinski definition) is 0. The molecular weight excluding hydrogens is 789 g/mol. The highest BCUT2D eigenvalue weighted by Gasteiger charge is 2.17. The van der Waals surface area contributed by atoms with Crippen molar-refractivity contribution in [3.05, 3.63) is 12.2 Å². The van der Waals surface area contributed by atoms with Gasteiger partial charge in [-0.05, 0) is 44.9 Å². The molecule has 0 heterocycles. The molecule has 0 N–H and O–H groups in total. The number of carbonyl (C=O) groups excluding carboxylic acids is 2. The summed E-state index contributed by atoms with van der Waals surface area (Å²) in [5, 5.41) is 0. The quantitative estimate of drug-likeness (QED) is 0.0346. The van der Waals surface area contributed by atoms with Gasteiger partial charge in [-0.15, -0.1) is 0 Å². The molecule has 5 nitrogen and oxygen atoms in total. The Morgan fingerprint density at radius 2 is 0.609 bits per heavy atom. The number of esters is 2. The van der Waals surface area contributed by atoms with E-state index in [-0.39, 0.29) is 18.5 Å². The molecule has 64 heavy (non-hydrogen) atoms. The first-order valence-corrected chi connectivity index (χ1v) is 29.2. The van der Waals surface area contributed by atoms with Crippen LogP contribution < -0.4 is 0 Å². The molecule has 0 spiro atoms. The molecular formula is C59H114O5. The van der Waals surface area contributed by atoms with Gasteiger partial charge in [0.15, 0.2) is 6.10 Å². The molecule has 1 unspecified atom stereocenters. The van der Waals surface area contributed by atoms with Gasteiger partial charge in [0.1, 0.15) is 6.61 Å². The molecule has 0 aromatic heterocycles. The summed E-state index contributed by atoms with van der Waals surface area (Å²) >= 11 is 0. The Morgan fingerprint density at radius 3 is 0.953 bits per heavy atom. The molecule has 0 bridgehead atoms. The van der Waals surface area contributed by atoms with Crippen molar-refractivity contribution in [2.45, 2.75) is 335 Å². The second kappa shape index (κ2) is 56.0. The molecule has 0 saturated carbocycles. The molecule has 1 atom stereocenters. The fourth-order valence-electron chi connectivity index (χ4n) is 8.92. The van der Waals surface area contributed by atoms with Crippen molar-refractivity contribution in [1.82, 2.24) is 0 Å². The second-order valence-electron chi connectivity index (χ2n) is 19.9. The predicted octanol–water partition coefficient (Wildman–Crippen LogP) is 19.8. The van der Waals surface area contributed by atoms with Crippen molar-refractivity contribution in [3.8, 4) is 0 Å². The zero-order valence-corrected chi connectivity index (χ0v) is 43.8.